The Kier molecular flexibility index (Phi) is 6.19. The minimum atomic E-state index is -0.0613. The molecule has 0 fully saturated rings. The molecular weight excluding hydrogens is 410 g/mol. The summed E-state index contributed by atoms with van der Waals surface area (Å²) in [6.45, 7) is 1.36. The minimum Gasteiger partial charge on any atom is -0.308 e. The molecule has 6 heteroatoms. The van der Waals surface area contributed by atoms with Crippen molar-refractivity contribution in [3.63, 3.8) is 0 Å². The van der Waals surface area contributed by atoms with Crippen LogP contribution in [0.2, 0.25) is 0 Å². The van der Waals surface area contributed by atoms with Crippen molar-refractivity contribution in [2.24, 2.45) is 0 Å². The number of carbonyl (C=O) groups is 1. The largest absolute Gasteiger partial charge is 0.308 e. The average Bonchev–Trinajstić information content (AvgIpc) is 3.03. The van der Waals surface area contributed by atoms with Crippen LogP contribution in [0.4, 0.5) is 5.13 Å². The highest BCUT2D eigenvalue weighted by Crippen LogP contribution is 2.31. The molecule has 0 aliphatic carbocycles. The zero-order chi connectivity index (χ0) is 18.5. The monoisotopic (exact) mass is 429 g/mol. The number of hydrogen-bond acceptors (Lipinski definition) is 4. The fourth-order valence-corrected chi connectivity index (χ4v) is 3.97. The van der Waals surface area contributed by atoms with Crippen LogP contribution in [0.25, 0.3) is 16.3 Å². The average molecular weight is 430 g/mol. The second kappa shape index (κ2) is 8.58. The van der Waals surface area contributed by atoms with E-state index in [9.17, 15) is 4.79 Å². The molecule has 0 spiro atoms. The van der Waals surface area contributed by atoms with Gasteiger partial charge in [0.2, 0.25) is 0 Å². The molecule has 1 amide bonds. The molecule has 0 bridgehead atoms. The summed E-state index contributed by atoms with van der Waals surface area (Å²) in [4.78, 5) is 21.3. The second-order valence-electron chi connectivity index (χ2n) is 6.15. The van der Waals surface area contributed by atoms with Crippen LogP contribution < -0.4 is 4.90 Å². The van der Waals surface area contributed by atoms with Crippen molar-refractivity contribution in [2.45, 2.75) is 0 Å². The molecule has 3 rings (SSSR count). The first-order valence-corrected chi connectivity index (χ1v) is 9.89. The standard InChI is InChI=1S/C20H20BrN3OS/c1-23(2)12-13-24(19(25)11-8-15-6-4-3-5-7-15)20-22-17-10-9-16(21)14-18(17)26-20/h3-11,14H,12-13H2,1-2H3. The molecule has 1 aromatic heterocycles. The Morgan fingerprint density at radius 3 is 2.65 bits per heavy atom. The lowest BCUT2D eigenvalue weighted by atomic mass is 10.2. The Morgan fingerprint density at radius 2 is 1.92 bits per heavy atom. The summed E-state index contributed by atoms with van der Waals surface area (Å²) in [5.41, 5.74) is 1.91. The molecule has 0 radical (unpaired) electrons. The van der Waals surface area contributed by atoms with Crippen molar-refractivity contribution in [3.05, 3.63) is 64.6 Å². The number of aromatic nitrogens is 1. The molecule has 0 saturated carbocycles. The third kappa shape index (κ3) is 4.78. The summed E-state index contributed by atoms with van der Waals surface area (Å²) in [6.07, 6.45) is 3.46. The van der Waals surface area contributed by atoms with Crippen LogP contribution in [0.5, 0.6) is 0 Å². The van der Waals surface area contributed by atoms with E-state index in [-0.39, 0.29) is 5.91 Å². The highest BCUT2D eigenvalue weighted by Gasteiger charge is 2.18. The predicted octanol–water partition coefficient (Wildman–Crippen LogP) is 4.67. The van der Waals surface area contributed by atoms with Crippen LogP contribution in [0.15, 0.2) is 59.1 Å². The van der Waals surface area contributed by atoms with Gasteiger partial charge < -0.3 is 4.90 Å². The number of halogens is 1. The van der Waals surface area contributed by atoms with Gasteiger partial charge in [-0.15, -0.1) is 0 Å². The van der Waals surface area contributed by atoms with E-state index in [2.05, 4.69) is 25.8 Å². The van der Waals surface area contributed by atoms with Gasteiger partial charge in [0.15, 0.2) is 5.13 Å². The first-order chi connectivity index (χ1) is 12.5. The van der Waals surface area contributed by atoms with E-state index in [0.29, 0.717) is 6.54 Å². The number of thiazole rings is 1. The molecule has 134 valence electrons. The van der Waals surface area contributed by atoms with Gasteiger partial charge in [-0.1, -0.05) is 57.6 Å². The Morgan fingerprint density at radius 1 is 1.15 bits per heavy atom. The van der Waals surface area contributed by atoms with Gasteiger partial charge in [-0.3, -0.25) is 9.69 Å². The van der Waals surface area contributed by atoms with Crippen molar-refractivity contribution >= 4 is 54.6 Å². The smallest absolute Gasteiger partial charge is 0.252 e. The lowest BCUT2D eigenvalue weighted by Gasteiger charge is -2.20. The van der Waals surface area contributed by atoms with Gasteiger partial charge in [-0.2, -0.15) is 0 Å². The SMILES string of the molecule is CN(C)CCN(C(=O)C=Cc1ccccc1)c1nc2ccc(Br)cc2s1. The van der Waals surface area contributed by atoms with Crippen LogP contribution in [-0.4, -0.2) is 43.0 Å². The number of nitrogens with zero attached hydrogens (tertiary/aromatic N) is 3. The summed E-state index contributed by atoms with van der Waals surface area (Å²) < 4.78 is 2.07. The van der Waals surface area contributed by atoms with Crippen LogP contribution in [-0.2, 0) is 4.79 Å². The van der Waals surface area contributed by atoms with Gasteiger partial charge in [-0.25, -0.2) is 4.98 Å². The Balaban J connectivity index is 1.87. The molecule has 0 atom stereocenters. The first-order valence-electron chi connectivity index (χ1n) is 8.28. The lowest BCUT2D eigenvalue weighted by Crippen LogP contribution is -2.35. The normalized spacial score (nSPS) is 11.5. The highest BCUT2D eigenvalue weighted by atomic mass is 79.9. The van der Waals surface area contributed by atoms with Crippen LogP contribution in [0, 0.1) is 0 Å². The number of fused-ring (bicyclic) bond motifs is 1. The van der Waals surface area contributed by atoms with Gasteiger partial charge in [0.05, 0.1) is 10.2 Å². The molecule has 0 unspecified atom stereocenters. The summed E-state index contributed by atoms with van der Waals surface area (Å²) >= 11 is 5.02. The zero-order valence-electron chi connectivity index (χ0n) is 14.7. The Hall–Kier alpha value is -2.02. The highest BCUT2D eigenvalue weighted by molar-refractivity contribution is 9.10. The van der Waals surface area contributed by atoms with E-state index in [1.165, 1.54) is 11.3 Å². The molecule has 1 heterocycles. The quantitative estimate of drug-likeness (QED) is 0.534. The maximum absolute atomic E-state index is 12.9. The Bertz CT molecular complexity index is 921. The molecular formula is C20H20BrN3OS. The van der Waals surface area contributed by atoms with Crippen molar-refractivity contribution in [2.75, 3.05) is 32.1 Å². The molecule has 4 nitrogen and oxygen atoms in total. The molecule has 3 aromatic rings. The van der Waals surface area contributed by atoms with Crippen molar-refractivity contribution in [3.8, 4) is 0 Å². The number of hydrogen-bond donors (Lipinski definition) is 0. The van der Waals surface area contributed by atoms with Crippen molar-refractivity contribution in [1.82, 2.24) is 9.88 Å². The summed E-state index contributed by atoms with van der Waals surface area (Å²) in [7, 11) is 4.00. The number of carbonyl (C=O) groups excluding carboxylic acids is 1. The summed E-state index contributed by atoms with van der Waals surface area (Å²) in [6, 6.07) is 15.8. The van der Waals surface area contributed by atoms with E-state index in [0.717, 1.165) is 31.9 Å². The number of amides is 1. The number of likely N-dealkylation sites (N-methyl/N-ethyl adjacent to an activating group) is 1. The molecule has 0 aliphatic heterocycles. The van der Waals surface area contributed by atoms with Crippen molar-refractivity contribution in [1.29, 1.82) is 0 Å². The number of anilines is 1. The van der Waals surface area contributed by atoms with E-state index < -0.39 is 0 Å². The van der Waals surface area contributed by atoms with Crippen LogP contribution in [0.1, 0.15) is 5.56 Å². The fourth-order valence-electron chi connectivity index (χ4n) is 2.42. The summed E-state index contributed by atoms with van der Waals surface area (Å²) in [5.74, 6) is -0.0613. The van der Waals surface area contributed by atoms with E-state index >= 15 is 0 Å². The van der Waals surface area contributed by atoms with Gasteiger partial charge in [0.1, 0.15) is 0 Å². The van der Waals surface area contributed by atoms with Gasteiger partial charge in [0, 0.05) is 23.6 Å². The summed E-state index contributed by atoms with van der Waals surface area (Å²) in [5, 5.41) is 0.725. The Labute approximate surface area is 165 Å². The number of benzene rings is 2. The predicted molar refractivity (Wildman–Crippen MR) is 114 cm³/mol. The minimum absolute atomic E-state index is 0.0613. The molecule has 0 saturated heterocycles. The molecule has 26 heavy (non-hydrogen) atoms. The third-order valence-corrected chi connectivity index (χ3v) is 5.36. The fraction of sp³-hybridized carbons (Fsp3) is 0.200. The van der Waals surface area contributed by atoms with Gasteiger partial charge in [0.25, 0.3) is 5.91 Å². The van der Waals surface area contributed by atoms with Crippen molar-refractivity contribution < 1.29 is 4.79 Å². The van der Waals surface area contributed by atoms with E-state index in [1.807, 2.05) is 68.7 Å². The first kappa shape index (κ1) is 18.8. The van der Waals surface area contributed by atoms with Gasteiger partial charge in [-0.05, 0) is 43.9 Å². The van der Waals surface area contributed by atoms with E-state index in [1.54, 1.807) is 11.0 Å². The molecule has 2 aromatic carbocycles. The second-order valence-corrected chi connectivity index (χ2v) is 8.07. The maximum atomic E-state index is 12.9. The van der Waals surface area contributed by atoms with Crippen LogP contribution in [0.3, 0.4) is 0 Å². The zero-order valence-corrected chi connectivity index (χ0v) is 17.1. The lowest BCUT2D eigenvalue weighted by molar-refractivity contribution is -0.114. The van der Waals surface area contributed by atoms with Crippen LogP contribution >= 0.6 is 27.3 Å². The van der Waals surface area contributed by atoms with E-state index in [4.69, 9.17) is 0 Å². The maximum Gasteiger partial charge on any atom is 0.252 e. The number of rotatable bonds is 6. The topological polar surface area (TPSA) is 36.4 Å². The molecule has 0 aliphatic rings. The molecule has 0 N–H and O–H groups in total. The third-order valence-electron chi connectivity index (χ3n) is 3.82. The van der Waals surface area contributed by atoms with Gasteiger partial charge >= 0.3 is 0 Å².